The monoisotopic (exact) mass is 252 g/mol. The van der Waals surface area contributed by atoms with E-state index in [-0.39, 0.29) is 5.88 Å². The minimum Gasteiger partial charge on any atom is -0.471 e. The molecular weight excluding hydrogens is 246 g/mol. The Morgan fingerprint density at radius 1 is 1.62 bits per heavy atom. The first-order valence-electron chi connectivity index (χ1n) is 3.42. The summed E-state index contributed by atoms with van der Waals surface area (Å²) in [5.74, 6) is 0.0836. The lowest BCUT2D eigenvalue weighted by molar-refractivity contribution is 0.0792. The minimum absolute atomic E-state index is 0.0836. The molecule has 0 fully saturated rings. The van der Waals surface area contributed by atoms with Crippen LogP contribution in [-0.4, -0.2) is 18.0 Å². The van der Waals surface area contributed by atoms with Gasteiger partial charge in [-0.1, -0.05) is 0 Å². The number of nitrogen functional groups attached to an aromatic ring is 1. The van der Waals surface area contributed by atoms with Crippen LogP contribution in [0.5, 0.6) is 5.88 Å². The number of alkyl halides is 2. The second kappa shape index (κ2) is 4.36. The molecule has 1 rings (SSSR count). The quantitative estimate of drug-likeness (QED) is 0.896. The average Bonchev–Trinajstić information content (AvgIpc) is 2.07. The summed E-state index contributed by atoms with van der Waals surface area (Å²) in [5.41, 5.74) is 5.87. The van der Waals surface area contributed by atoms with E-state index in [1.165, 1.54) is 6.20 Å². The van der Waals surface area contributed by atoms with Crippen molar-refractivity contribution >= 4 is 21.6 Å². The summed E-state index contributed by atoms with van der Waals surface area (Å²) >= 11 is 3.07. The van der Waals surface area contributed by atoms with Crippen LogP contribution in [0, 0.1) is 0 Å². The number of hydrogen-bond acceptors (Lipinski definition) is 3. The summed E-state index contributed by atoms with van der Waals surface area (Å²) in [7, 11) is 0. The topological polar surface area (TPSA) is 48.1 Å². The zero-order chi connectivity index (χ0) is 9.84. The molecule has 0 bridgehead atoms. The molecule has 72 valence electrons. The second-order valence-electron chi connectivity index (χ2n) is 2.22. The smallest absolute Gasteiger partial charge is 0.272 e. The molecule has 3 nitrogen and oxygen atoms in total. The number of nitrogens with two attached hydrogens (primary N) is 1. The molecule has 2 N–H and O–H groups in total. The minimum atomic E-state index is -2.52. The van der Waals surface area contributed by atoms with E-state index in [2.05, 4.69) is 20.9 Å². The highest BCUT2D eigenvalue weighted by molar-refractivity contribution is 9.10. The third kappa shape index (κ3) is 2.80. The van der Waals surface area contributed by atoms with Crippen molar-refractivity contribution in [2.45, 2.75) is 6.43 Å². The maximum atomic E-state index is 11.8. The predicted molar refractivity (Wildman–Crippen MR) is 47.8 cm³/mol. The largest absolute Gasteiger partial charge is 0.471 e. The average molecular weight is 253 g/mol. The fraction of sp³-hybridized carbons (Fsp3) is 0.286. The summed E-state index contributed by atoms with van der Waals surface area (Å²) in [6, 6.07) is 1.54. The first-order chi connectivity index (χ1) is 6.11. The van der Waals surface area contributed by atoms with Crippen molar-refractivity contribution in [2.24, 2.45) is 0 Å². The maximum Gasteiger partial charge on any atom is 0.272 e. The third-order valence-electron chi connectivity index (χ3n) is 1.23. The number of rotatable bonds is 3. The van der Waals surface area contributed by atoms with Gasteiger partial charge in [0.15, 0.2) is 6.61 Å². The highest BCUT2D eigenvalue weighted by atomic mass is 79.9. The first-order valence-corrected chi connectivity index (χ1v) is 4.21. The Morgan fingerprint density at radius 2 is 2.31 bits per heavy atom. The van der Waals surface area contributed by atoms with Gasteiger partial charge in [-0.3, -0.25) is 0 Å². The molecule has 0 radical (unpaired) electrons. The Hall–Kier alpha value is -0.910. The Bertz CT molecular complexity index is 296. The van der Waals surface area contributed by atoms with E-state index >= 15 is 0 Å². The molecule has 0 aliphatic carbocycles. The van der Waals surface area contributed by atoms with Crippen molar-refractivity contribution in [3.8, 4) is 5.88 Å². The Morgan fingerprint density at radius 3 is 2.92 bits per heavy atom. The van der Waals surface area contributed by atoms with Crippen molar-refractivity contribution in [2.75, 3.05) is 12.3 Å². The van der Waals surface area contributed by atoms with E-state index in [1.54, 1.807) is 6.07 Å². The molecule has 13 heavy (non-hydrogen) atoms. The van der Waals surface area contributed by atoms with Gasteiger partial charge in [-0.25, -0.2) is 13.8 Å². The molecule has 0 unspecified atom stereocenters. The number of anilines is 1. The van der Waals surface area contributed by atoms with E-state index in [4.69, 9.17) is 10.5 Å². The summed E-state index contributed by atoms with van der Waals surface area (Å²) in [5, 5.41) is 0. The molecular formula is C7H7BrF2N2O. The summed E-state index contributed by atoms with van der Waals surface area (Å²) in [4.78, 5) is 3.73. The number of halogens is 3. The molecule has 0 aliphatic rings. The maximum absolute atomic E-state index is 11.8. The van der Waals surface area contributed by atoms with E-state index < -0.39 is 13.0 Å². The van der Waals surface area contributed by atoms with Crippen molar-refractivity contribution in [1.29, 1.82) is 0 Å². The van der Waals surface area contributed by atoms with Gasteiger partial charge in [-0.2, -0.15) is 0 Å². The summed E-state index contributed by atoms with van der Waals surface area (Å²) in [6.45, 7) is -0.685. The highest BCUT2D eigenvalue weighted by Gasteiger charge is 2.09. The van der Waals surface area contributed by atoms with Gasteiger partial charge in [0.2, 0.25) is 5.88 Å². The Labute approximate surface area is 82.0 Å². The molecule has 0 aromatic carbocycles. The number of pyridine rings is 1. The SMILES string of the molecule is Nc1ccnc(OCC(F)F)c1Br. The van der Waals surface area contributed by atoms with Crippen LogP contribution < -0.4 is 10.5 Å². The number of ether oxygens (including phenoxy) is 1. The molecule has 6 heteroatoms. The van der Waals surface area contributed by atoms with Crippen LogP contribution in [0.15, 0.2) is 16.7 Å². The van der Waals surface area contributed by atoms with Crippen LogP contribution in [0.25, 0.3) is 0 Å². The number of aromatic nitrogens is 1. The van der Waals surface area contributed by atoms with E-state index in [0.29, 0.717) is 10.2 Å². The lowest BCUT2D eigenvalue weighted by Gasteiger charge is -2.06. The van der Waals surface area contributed by atoms with Crippen LogP contribution in [0.1, 0.15) is 0 Å². The summed E-state index contributed by atoms with van der Waals surface area (Å²) < 4.78 is 28.6. The third-order valence-corrected chi connectivity index (χ3v) is 2.03. The van der Waals surface area contributed by atoms with Crippen molar-refractivity contribution < 1.29 is 13.5 Å². The van der Waals surface area contributed by atoms with Crippen LogP contribution in [0.4, 0.5) is 14.5 Å². The van der Waals surface area contributed by atoms with Gasteiger partial charge in [0.25, 0.3) is 6.43 Å². The van der Waals surface area contributed by atoms with Crippen molar-refractivity contribution in [1.82, 2.24) is 4.98 Å². The van der Waals surface area contributed by atoms with Gasteiger partial charge < -0.3 is 10.5 Å². The second-order valence-corrected chi connectivity index (χ2v) is 3.01. The van der Waals surface area contributed by atoms with Crippen LogP contribution in [-0.2, 0) is 0 Å². The molecule has 0 aliphatic heterocycles. The highest BCUT2D eigenvalue weighted by Crippen LogP contribution is 2.27. The normalized spacial score (nSPS) is 10.5. The van der Waals surface area contributed by atoms with Gasteiger partial charge in [0, 0.05) is 6.20 Å². The van der Waals surface area contributed by atoms with Crippen LogP contribution in [0.3, 0.4) is 0 Å². The van der Waals surface area contributed by atoms with Crippen LogP contribution >= 0.6 is 15.9 Å². The van der Waals surface area contributed by atoms with E-state index in [1.807, 2.05) is 0 Å². The van der Waals surface area contributed by atoms with E-state index in [0.717, 1.165) is 0 Å². The fourth-order valence-corrected chi connectivity index (χ4v) is 1.03. The van der Waals surface area contributed by atoms with Crippen LogP contribution in [0.2, 0.25) is 0 Å². The number of nitrogens with zero attached hydrogens (tertiary/aromatic N) is 1. The zero-order valence-electron chi connectivity index (χ0n) is 6.51. The summed E-state index contributed by atoms with van der Waals surface area (Å²) in [6.07, 6.45) is -1.13. The Balaban J connectivity index is 2.71. The molecule has 0 atom stereocenters. The molecule has 0 saturated carbocycles. The Kier molecular flexibility index (Phi) is 3.41. The van der Waals surface area contributed by atoms with Gasteiger partial charge in [-0.15, -0.1) is 0 Å². The molecule has 0 amide bonds. The molecule has 1 heterocycles. The van der Waals surface area contributed by atoms with Crippen molar-refractivity contribution in [3.63, 3.8) is 0 Å². The van der Waals surface area contributed by atoms with Gasteiger partial charge in [0.05, 0.1) is 5.69 Å². The lowest BCUT2D eigenvalue weighted by Crippen LogP contribution is -2.08. The van der Waals surface area contributed by atoms with Crippen molar-refractivity contribution in [3.05, 3.63) is 16.7 Å². The lowest BCUT2D eigenvalue weighted by atomic mass is 10.4. The van der Waals surface area contributed by atoms with Gasteiger partial charge in [-0.05, 0) is 22.0 Å². The fourth-order valence-electron chi connectivity index (χ4n) is 0.681. The van der Waals surface area contributed by atoms with Gasteiger partial charge >= 0.3 is 0 Å². The van der Waals surface area contributed by atoms with E-state index in [9.17, 15) is 8.78 Å². The predicted octanol–water partition coefficient (Wildman–Crippen LogP) is 2.07. The standard InChI is InChI=1S/C7H7BrF2N2O/c8-6-4(11)1-2-12-7(6)13-3-5(9)10/h1-2,5H,3H2,(H2,11,12). The molecule has 0 spiro atoms. The molecule has 0 saturated heterocycles. The molecule has 1 aromatic heterocycles. The van der Waals surface area contributed by atoms with Gasteiger partial charge in [0.1, 0.15) is 4.47 Å². The molecule has 1 aromatic rings. The number of hydrogen-bond donors (Lipinski definition) is 1. The zero-order valence-corrected chi connectivity index (χ0v) is 8.09. The first kappa shape index (κ1) is 10.2.